The van der Waals surface area contributed by atoms with Crippen molar-refractivity contribution in [1.82, 2.24) is 4.31 Å². The van der Waals surface area contributed by atoms with Crippen LogP contribution in [-0.2, 0) is 24.4 Å². The second-order valence-corrected chi connectivity index (χ2v) is 11.2. The maximum absolute atomic E-state index is 13.4. The van der Waals surface area contributed by atoms with Crippen LogP contribution in [0.2, 0.25) is 0 Å². The molecule has 0 aromatic heterocycles. The summed E-state index contributed by atoms with van der Waals surface area (Å²) in [6, 6.07) is -0.357. The number of hydrogen-bond donors (Lipinski definition) is 0. The number of ketones is 2. The van der Waals surface area contributed by atoms with E-state index < -0.39 is 26.8 Å². The van der Waals surface area contributed by atoms with Crippen molar-refractivity contribution < 1.29 is 22.8 Å². The molecule has 0 aromatic rings. The van der Waals surface area contributed by atoms with Crippen LogP contribution >= 0.6 is 0 Å². The number of hydrogen-bond acceptors (Lipinski definition) is 5. The van der Waals surface area contributed by atoms with Gasteiger partial charge in [-0.15, -0.1) is 0 Å². The highest BCUT2D eigenvalue weighted by Gasteiger charge is 2.73. The first kappa shape index (κ1) is 19.5. The average molecular weight is 384 g/mol. The normalized spacial score (nSPS) is 35.8. The Hall–Kier alpha value is -1.24. The Morgan fingerprint density at radius 1 is 1.19 bits per heavy atom. The van der Waals surface area contributed by atoms with Crippen LogP contribution < -0.4 is 0 Å². The molecule has 1 saturated heterocycles. The molecule has 2 bridgehead atoms. The summed E-state index contributed by atoms with van der Waals surface area (Å²) in [5, 5.41) is 0. The van der Waals surface area contributed by atoms with Crippen LogP contribution in [-0.4, -0.2) is 42.0 Å². The van der Waals surface area contributed by atoms with E-state index in [4.69, 9.17) is 0 Å². The van der Waals surface area contributed by atoms with Crippen LogP contribution in [0, 0.1) is 22.2 Å². The summed E-state index contributed by atoms with van der Waals surface area (Å²) in [7, 11) is -3.77. The molecule has 6 nitrogen and oxygen atoms in total. The van der Waals surface area contributed by atoms with Gasteiger partial charge in [-0.25, -0.2) is 12.7 Å². The number of amides is 1. The second-order valence-electron chi connectivity index (χ2n) is 9.31. The third-order valence-corrected chi connectivity index (χ3v) is 9.74. The van der Waals surface area contributed by atoms with Crippen LogP contribution in [0.5, 0.6) is 0 Å². The van der Waals surface area contributed by atoms with Crippen molar-refractivity contribution in [3.8, 4) is 0 Å². The van der Waals surface area contributed by atoms with Gasteiger partial charge in [0.05, 0.1) is 11.8 Å². The van der Waals surface area contributed by atoms with Gasteiger partial charge in [-0.3, -0.25) is 9.59 Å². The van der Waals surface area contributed by atoms with Crippen molar-refractivity contribution in [3.05, 3.63) is 0 Å². The minimum absolute atomic E-state index is 0.0133. The van der Waals surface area contributed by atoms with E-state index in [0.717, 1.165) is 17.1 Å². The second kappa shape index (κ2) is 5.63. The van der Waals surface area contributed by atoms with Gasteiger partial charge in [0, 0.05) is 11.8 Å². The largest absolute Gasteiger partial charge is 0.300 e. The van der Waals surface area contributed by atoms with Crippen molar-refractivity contribution >= 4 is 27.5 Å². The summed E-state index contributed by atoms with van der Waals surface area (Å²) < 4.78 is 27.1. The maximum atomic E-state index is 13.4. The molecule has 3 fully saturated rings. The SMILES string of the molecule is CC(=O)CC[C@@](C)(C(C)=O)C(=O)N1[C@@H]2C[C@H]3CC[C@]2(CS1(=O)=O)C3(C)C. The van der Waals surface area contributed by atoms with Crippen LogP contribution in [0.15, 0.2) is 0 Å². The number of Topliss-reactive ketones (excluding diaryl/α,β-unsaturated/α-hetero) is 2. The summed E-state index contributed by atoms with van der Waals surface area (Å²) in [4.78, 5) is 37.1. The molecule has 1 aliphatic heterocycles. The first-order valence-corrected chi connectivity index (χ1v) is 11.0. The van der Waals surface area contributed by atoms with E-state index in [1.807, 2.05) is 0 Å². The Morgan fingerprint density at radius 2 is 1.81 bits per heavy atom. The van der Waals surface area contributed by atoms with E-state index in [-0.39, 0.29) is 41.6 Å². The van der Waals surface area contributed by atoms with Gasteiger partial charge in [-0.05, 0) is 57.8 Å². The van der Waals surface area contributed by atoms with Gasteiger partial charge in [-0.1, -0.05) is 13.8 Å². The van der Waals surface area contributed by atoms with E-state index in [1.54, 1.807) is 0 Å². The minimum atomic E-state index is -3.77. The van der Waals surface area contributed by atoms with Crippen molar-refractivity contribution in [3.63, 3.8) is 0 Å². The zero-order valence-electron chi connectivity index (χ0n) is 16.3. The standard InChI is InChI=1S/C19H29NO5S/c1-12(21)6-8-18(5,13(2)22)16(23)20-15-10-14-7-9-19(15,17(14,3)4)11-26(20,24)25/h14-15H,6-11H2,1-5H3/t14-,15-,18+,19-/m1/s1. The molecule has 4 atom stereocenters. The van der Waals surface area contributed by atoms with E-state index in [9.17, 15) is 22.8 Å². The van der Waals surface area contributed by atoms with Gasteiger partial charge in [0.1, 0.15) is 17.0 Å². The number of sulfonamides is 1. The van der Waals surface area contributed by atoms with Crippen molar-refractivity contribution in [2.24, 2.45) is 22.2 Å². The fourth-order valence-corrected chi connectivity index (χ4v) is 8.29. The van der Waals surface area contributed by atoms with Crippen molar-refractivity contribution in [1.29, 1.82) is 0 Å². The van der Waals surface area contributed by atoms with Crippen LogP contribution in [0.4, 0.5) is 0 Å². The summed E-state index contributed by atoms with van der Waals surface area (Å²) in [5.41, 5.74) is -2.02. The number of carbonyl (C=O) groups excluding carboxylic acids is 3. The van der Waals surface area contributed by atoms with Gasteiger partial charge >= 0.3 is 0 Å². The Kier molecular flexibility index (Phi) is 4.23. The minimum Gasteiger partial charge on any atom is -0.300 e. The third-order valence-electron chi connectivity index (χ3n) is 7.84. The number of carbonyl (C=O) groups is 3. The summed E-state index contributed by atoms with van der Waals surface area (Å²) in [6.45, 7) is 8.44. The van der Waals surface area contributed by atoms with E-state index in [0.29, 0.717) is 12.3 Å². The van der Waals surface area contributed by atoms with Crippen molar-refractivity contribution in [2.45, 2.75) is 72.8 Å². The third kappa shape index (κ3) is 2.35. The Balaban J connectivity index is 2.01. The van der Waals surface area contributed by atoms with Crippen LogP contribution in [0.1, 0.15) is 66.7 Å². The van der Waals surface area contributed by atoms with E-state index in [1.165, 1.54) is 20.8 Å². The molecule has 1 heterocycles. The molecule has 0 unspecified atom stereocenters. The first-order valence-electron chi connectivity index (χ1n) is 9.37. The highest BCUT2D eigenvalue weighted by Crippen LogP contribution is 2.70. The van der Waals surface area contributed by atoms with Gasteiger partial charge in [0.2, 0.25) is 15.9 Å². The zero-order valence-corrected chi connectivity index (χ0v) is 17.1. The van der Waals surface area contributed by atoms with Gasteiger partial charge in [0.15, 0.2) is 0 Å². The highest BCUT2D eigenvalue weighted by atomic mass is 32.2. The molecule has 2 aliphatic carbocycles. The Labute approximate surface area is 155 Å². The molecular weight excluding hydrogens is 354 g/mol. The lowest BCUT2D eigenvalue weighted by Crippen LogP contribution is -2.51. The first-order chi connectivity index (χ1) is 11.8. The lowest BCUT2D eigenvalue weighted by Gasteiger charge is -2.38. The van der Waals surface area contributed by atoms with E-state index >= 15 is 0 Å². The fourth-order valence-electron chi connectivity index (χ4n) is 5.66. The van der Waals surface area contributed by atoms with E-state index in [2.05, 4.69) is 13.8 Å². The number of fused-ring (bicyclic) bond motifs is 1. The Bertz CT molecular complexity index is 786. The predicted octanol–water partition coefficient (Wildman–Crippen LogP) is 2.32. The molecule has 1 spiro atoms. The summed E-state index contributed by atoms with van der Waals surface area (Å²) in [5.74, 6) is -0.759. The molecule has 146 valence electrons. The van der Waals surface area contributed by atoms with Crippen LogP contribution in [0.25, 0.3) is 0 Å². The lowest BCUT2D eigenvalue weighted by molar-refractivity contribution is -0.146. The smallest absolute Gasteiger partial charge is 0.249 e. The molecular formula is C19H29NO5S. The molecule has 3 aliphatic rings. The Morgan fingerprint density at radius 3 is 2.31 bits per heavy atom. The average Bonchev–Trinajstić information content (AvgIpc) is 2.98. The molecule has 0 N–H and O–H groups in total. The van der Waals surface area contributed by atoms with Crippen LogP contribution in [0.3, 0.4) is 0 Å². The van der Waals surface area contributed by atoms with Gasteiger partial charge < -0.3 is 4.79 Å². The summed E-state index contributed by atoms with van der Waals surface area (Å²) in [6.07, 6.45) is 2.62. The maximum Gasteiger partial charge on any atom is 0.249 e. The van der Waals surface area contributed by atoms with Gasteiger partial charge in [-0.2, -0.15) is 0 Å². The van der Waals surface area contributed by atoms with Crippen molar-refractivity contribution in [2.75, 3.05) is 5.75 Å². The molecule has 3 rings (SSSR count). The zero-order chi connectivity index (χ0) is 19.7. The highest BCUT2D eigenvalue weighted by molar-refractivity contribution is 7.90. The number of rotatable bonds is 5. The monoisotopic (exact) mass is 383 g/mol. The number of nitrogens with zero attached hydrogens (tertiary/aromatic N) is 1. The topological polar surface area (TPSA) is 88.6 Å². The quantitative estimate of drug-likeness (QED) is 0.680. The molecule has 2 saturated carbocycles. The molecule has 1 amide bonds. The lowest BCUT2D eigenvalue weighted by atomic mass is 9.68. The molecule has 0 radical (unpaired) electrons. The predicted molar refractivity (Wildman–Crippen MR) is 96.7 cm³/mol. The van der Waals surface area contributed by atoms with Gasteiger partial charge in [0.25, 0.3) is 0 Å². The molecule has 0 aromatic carbocycles. The molecule has 7 heteroatoms. The molecule has 26 heavy (non-hydrogen) atoms. The fraction of sp³-hybridized carbons (Fsp3) is 0.842. The summed E-state index contributed by atoms with van der Waals surface area (Å²) >= 11 is 0.